The second-order valence-corrected chi connectivity index (χ2v) is 9.39. The molecule has 8 nitrogen and oxygen atoms in total. The van der Waals surface area contributed by atoms with Gasteiger partial charge in [-0.2, -0.15) is 0 Å². The third kappa shape index (κ3) is 4.26. The molecule has 194 valence electrons. The second kappa shape index (κ2) is 9.87. The molecule has 1 aromatic heterocycles. The van der Waals surface area contributed by atoms with Crippen LogP contribution in [0.3, 0.4) is 0 Å². The molecule has 8 heteroatoms. The molecule has 3 heterocycles. The summed E-state index contributed by atoms with van der Waals surface area (Å²) in [5.74, 6) is 2.03. The lowest BCUT2D eigenvalue weighted by Crippen LogP contribution is -2.46. The Balaban J connectivity index is 1.39. The van der Waals surface area contributed by atoms with Crippen molar-refractivity contribution in [2.75, 3.05) is 27.1 Å². The van der Waals surface area contributed by atoms with Crippen LogP contribution in [0.1, 0.15) is 16.9 Å². The van der Waals surface area contributed by atoms with Gasteiger partial charge in [0.05, 0.1) is 23.6 Å². The van der Waals surface area contributed by atoms with Gasteiger partial charge in [-0.15, -0.1) is 0 Å². The zero-order valence-electron chi connectivity index (χ0n) is 21.2. The zero-order valence-corrected chi connectivity index (χ0v) is 21.2. The van der Waals surface area contributed by atoms with Crippen LogP contribution < -0.4 is 19.6 Å². The highest BCUT2D eigenvalue weighted by Crippen LogP contribution is 2.37. The van der Waals surface area contributed by atoms with E-state index in [0.29, 0.717) is 71.3 Å². The van der Waals surface area contributed by atoms with Crippen molar-refractivity contribution >= 4 is 16.9 Å². The van der Waals surface area contributed by atoms with E-state index in [1.165, 1.54) is 7.11 Å². The molecule has 0 spiro atoms. The van der Waals surface area contributed by atoms with Crippen molar-refractivity contribution in [3.63, 3.8) is 0 Å². The molecule has 2 aliphatic heterocycles. The predicted molar refractivity (Wildman–Crippen MR) is 141 cm³/mol. The molecule has 0 unspecified atom stereocenters. The summed E-state index contributed by atoms with van der Waals surface area (Å²) in [6.45, 7) is 3.31. The first kappa shape index (κ1) is 24.1. The quantitative estimate of drug-likeness (QED) is 0.361. The van der Waals surface area contributed by atoms with Crippen molar-refractivity contribution in [3.05, 3.63) is 87.8 Å². The van der Waals surface area contributed by atoms with Crippen molar-refractivity contribution in [1.29, 1.82) is 0 Å². The molecule has 4 aromatic rings. The number of nitrogens with zero attached hydrogens (tertiary/aromatic N) is 1. The number of carbonyl (C=O) groups is 1. The van der Waals surface area contributed by atoms with Crippen molar-refractivity contribution in [2.24, 2.45) is 0 Å². The summed E-state index contributed by atoms with van der Waals surface area (Å²) in [6.07, 6.45) is 0.466. The number of benzene rings is 3. The van der Waals surface area contributed by atoms with Crippen LogP contribution in [0, 0.1) is 6.92 Å². The zero-order chi connectivity index (χ0) is 26.2. The maximum atomic E-state index is 13.8. The highest BCUT2D eigenvalue weighted by Gasteiger charge is 2.33. The largest absolute Gasteiger partial charge is 0.486 e. The van der Waals surface area contributed by atoms with Crippen LogP contribution >= 0.6 is 0 Å². The normalized spacial score (nSPS) is 15.4. The number of rotatable bonds is 5. The van der Waals surface area contributed by atoms with E-state index in [9.17, 15) is 9.59 Å². The van der Waals surface area contributed by atoms with E-state index in [4.69, 9.17) is 23.4 Å². The van der Waals surface area contributed by atoms with E-state index in [0.717, 1.165) is 11.1 Å². The highest BCUT2D eigenvalue weighted by molar-refractivity contribution is 5.87. The van der Waals surface area contributed by atoms with Crippen LogP contribution in [-0.4, -0.2) is 44.0 Å². The lowest BCUT2D eigenvalue weighted by atomic mass is 9.99. The van der Waals surface area contributed by atoms with E-state index in [-0.39, 0.29) is 18.1 Å². The lowest BCUT2D eigenvalue weighted by molar-refractivity contribution is -0.149. The second-order valence-electron chi connectivity index (χ2n) is 9.39. The Morgan fingerprint density at radius 2 is 1.74 bits per heavy atom. The van der Waals surface area contributed by atoms with E-state index in [2.05, 4.69) is 0 Å². The third-order valence-corrected chi connectivity index (χ3v) is 7.06. The number of aryl methyl sites for hydroxylation is 1. The number of hydrogen-bond donors (Lipinski definition) is 0. The molecule has 0 fully saturated rings. The maximum absolute atomic E-state index is 13.8. The van der Waals surface area contributed by atoms with Crippen molar-refractivity contribution in [3.8, 4) is 28.4 Å². The number of carbonyl (C=O) groups excluding carboxylic acids is 1. The van der Waals surface area contributed by atoms with Gasteiger partial charge in [-0.1, -0.05) is 36.4 Å². The van der Waals surface area contributed by atoms with Crippen LogP contribution in [0.5, 0.6) is 17.2 Å². The molecule has 3 aromatic carbocycles. The Kier molecular flexibility index (Phi) is 6.25. The first-order valence-corrected chi connectivity index (χ1v) is 12.5. The SMILES string of the molecule is COC(=O)[C@@H](Cc1ccccc1)N1COc2ccc3c(=O)c(-c4ccc5c(c4)OCCO5)c(C)oc3c2C1. The molecule has 0 aliphatic carbocycles. The molecular weight excluding hydrogens is 486 g/mol. The fourth-order valence-electron chi connectivity index (χ4n) is 5.16. The van der Waals surface area contributed by atoms with Crippen LogP contribution in [0.15, 0.2) is 69.9 Å². The molecule has 0 radical (unpaired) electrons. The van der Waals surface area contributed by atoms with Gasteiger partial charge in [-0.25, -0.2) is 0 Å². The van der Waals surface area contributed by atoms with Gasteiger partial charge >= 0.3 is 5.97 Å². The number of fused-ring (bicyclic) bond motifs is 4. The topological polar surface area (TPSA) is 87.4 Å². The smallest absolute Gasteiger partial charge is 0.323 e. The van der Waals surface area contributed by atoms with Crippen molar-refractivity contribution in [2.45, 2.75) is 25.9 Å². The van der Waals surface area contributed by atoms with Crippen LogP contribution in [-0.2, 0) is 22.5 Å². The first-order chi connectivity index (χ1) is 18.5. The molecule has 0 N–H and O–H groups in total. The Morgan fingerprint density at radius 3 is 2.53 bits per heavy atom. The monoisotopic (exact) mass is 513 g/mol. The number of ether oxygens (including phenoxy) is 4. The molecule has 6 rings (SSSR count). The maximum Gasteiger partial charge on any atom is 0.323 e. The third-order valence-electron chi connectivity index (χ3n) is 7.06. The first-order valence-electron chi connectivity index (χ1n) is 12.5. The Labute approximate surface area is 219 Å². The minimum absolute atomic E-state index is 0.144. The molecule has 1 atom stereocenters. The lowest BCUT2D eigenvalue weighted by Gasteiger charge is -2.34. The minimum atomic E-state index is -0.560. The molecular formula is C30H27NO7. The summed E-state index contributed by atoms with van der Waals surface area (Å²) >= 11 is 0. The van der Waals surface area contributed by atoms with Gasteiger partial charge in [-0.3, -0.25) is 14.5 Å². The average Bonchev–Trinajstić information content (AvgIpc) is 2.95. The molecule has 38 heavy (non-hydrogen) atoms. The summed E-state index contributed by atoms with van der Waals surface area (Å²) in [5, 5.41) is 0.447. The van der Waals surface area contributed by atoms with Gasteiger partial charge in [0.25, 0.3) is 0 Å². The van der Waals surface area contributed by atoms with Gasteiger partial charge in [0.15, 0.2) is 11.5 Å². The number of esters is 1. The number of methoxy groups -OCH3 is 1. The van der Waals surface area contributed by atoms with Gasteiger partial charge in [-0.05, 0) is 48.7 Å². The molecule has 0 saturated heterocycles. The van der Waals surface area contributed by atoms with Gasteiger partial charge in [0.1, 0.15) is 43.1 Å². The number of hydrogen-bond acceptors (Lipinski definition) is 8. The van der Waals surface area contributed by atoms with Crippen molar-refractivity contribution in [1.82, 2.24) is 4.90 Å². The van der Waals surface area contributed by atoms with E-state index >= 15 is 0 Å². The summed E-state index contributed by atoms with van der Waals surface area (Å²) in [6, 6.07) is 18.2. The van der Waals surface area contributed by atoms with E-state index < -0.39 is 6.04 Å². The summed E-state index contributed by atoms with van der Waals surface area (Å²) < 4.78 is 28.8. The summed E-state index contributed by atoms with van der Waals surface area (Å²) in [4.78, 5) is 28.5. The molecule has 0 bridgehead atoms. The minimum Gasteiger partial charge on any atom is -0.486 e. The molecule has 0 amide bonds. The van der Waals surface area contributed by atoms with Crippen LogP contribution in [0.2, 0.25) is 0 Å². The fourth-order valence-corrected chi connectivity index (χ4v) is 5.16. The molecule has 0 saturated carbocycles. The van der Waals surface area contributed by atoms with Gasteiger partial charge < -0.3 is 23.4 Å². The Hall–Kier alpha value is -4.30. The highest BCUT2D eigenvalue weighted by atomic mass is 16.6. The van der Waals surface area contributed by atoms with Crippen molar-refractivity contribution < 1.29 is 28.2 Å². The Morgan fingerprint density at radius 1 is 0.974 bits per heavy atom. The fraction of sp³-hybridized carbons (Fsp3) is 0.267. The van der Waals surface area contributed by atoms with E-state index in [1.54, 1.807) is 19.1 Å². The van der Waals surface area contributed by atoms with E-state index in [1.807, 2.05) is 53.4 Å². The van der Waals surface area contributed by atoms with Gasteiger partial charge in [0.2, 0.25) is 5.43 Å². The summed E-state index contributed by atoms with van der Waals surface area (Å²) in [5.41, 5.74) is 3.22. The average molecular weight is 514 g/mol. The molecule has 2 aliphatic rings. The van der Waals surface area contributed by atoms with Gasteiger partial charge in [0, 0.05) is 6.54 Å². The summed E-state index contributed by atoms with van der Waals surface area (Å²) in [7, 11) is 1.39. The predicted octanol–water partition coefficient (Wildman–Crippen LogP) is 4.48. The Bertz CT molecular complexity index is 1580. The van der Waals surface area contributed by atoms with Crippen LogP contribution in [0.25, 0.3) is 22.1 Å². The standard InChI is InChI=1S/C30H27NO7/c1-18-27(20-8-10-25-26(15-20)36-13-12-35-25)28(32)21-9-11-24-22(29(21)38-18)16-31(17-37-24)23(30(33)34-2)14-19-6-4-3-5-7-19/h3-11,15,23H,12-14,16-17H2,1-2H3/t23-/m1/s1. The van der Waals surface area contributed by atoms with Crippen LogP contribution in [0.4, 0.5) is 0 Å².